The van der Waals surface area contributed by atoms with Crippen LogP contribution in [0.5, 0.6) is 5.75 Å². The number of ether oxygens (including phenoxy) is 1. The number of likely N-dealkylation sites (N-methyl/N-ethyl adjacent to an activating group) is 2. The number of hydrogen-bond donors (Lipinski definition) is 3. The lowest BCUT2D eigenvalue weighted by Gasteiger charge is -2.27. The van der Waals surface area contributed by atoms with Crippen LogP contribution in [0, 0.1) is 0 Å². The average molecular weight is 518 g/mol. The summed E-state index contributed by atoms with van der Waals surface area (Å²) in [6.45, 7) is 5.05. The summed E-state index contributed by atoms with van der Waals surface area (Å²) >= 11 is 0. The van der Waals surface area contributed by atoms with E-state index in [0.717, 1.165) is 24.3 Å². The van der Waals surface area contributed by atoms with Crippen molar-refractivity contribution in [2.75, 3.05) is 68.6 Å². The lowest BCUT2D eigenvalue weighted by Crippen LogP contribution is -2.42. The Morgan fingerprint density at radius 3 is 2.53 bits per heavy atom. The zero-order valence-electron chi connectivity index (χ0n) is 22.2. The summed E-state index contributed by atoms with van der Waals surface area (Å²) in [4.78, 5) is 8.97. The summed E-state index contributed by atoms with van der Waals surface area (Å²) in [5, 5.41) is 5.72. The number of aliphatic imine (C=N–C) groups is 1. The molecule has 2 aromatic carbocycles. The summed E-state index contributed by atoms with van der Waals surface area (Å²) in [6, 6.07) is 11.2. The highest BCUT2D eigenvalue weighted by Crippen LogP contribution is 2.37. The van der Waals surface area contributed by atoms with Gasteiger partial charge in [-0.05, 0) is 45.6 Å². The van der Waals surface area contributed by atoms with Crippen LogP contribution in [0.2, 0.25) is 0 Å². The van der Waals surface area contributed by atoms with Crippen molar-refractivity contribution in [3.63, 3.8) is 0 Å². The van der Waals surface area contributed by atoms with Crippen molar-refractivity contribution < 1.29 is 13.2 Å². The molecule has 0 bridgehead atoms. The summed E-state index contributed by atoms with van der Waals surface area (Å²) < 4.78 is 33.6. The zero-order valence-corrected chi connectivity index (χ0v) is 23.1. The van der Waals surface area contributed by atoms with Crippen molar-refractivity contribution in [1.82, 2.24) is 10.2 Å². The van der Waals surface area contributed by atoms with Crippen molar-refractivity contribution in [3.8, 4) is 5.75 Å². The fourth-order valence-corrected chi connectivity index (χ4v) is 5.43. The van der Waals surface area contributed by atoms with Gasteiger partial charge in [-0.2, -0.15) is 0 Å². The van der Waals surface area contributed by atoms with Crippen LogP contribution in [0.4, 0.5) is 22.7 Å². The molecule has 3 rings (SSSR count). The van der Waals surface area contributed by atoms with Gasteiger partial charge in [-0.1, -0.05) is 18.2 Å². The molecule has 0 fully saturated rings. The summed E-state index contributed by atoms with van der Waals surface area (Å²) in [5.41, 5.74) is 10.1. The second kappa shape index (κ2) is 11.3. The maximum atomic E-state index is 13.2. The largest absolute Gasteiger partial charge is 0.494 e. The number of sulfonamides is 1. The molecule has 11 heteroatoms. The molecule has 0 aromatic heterocycles. The van der Waals surface area contributed by atoms with E-state index in [1.807, 2.05) is 51.5 Å². The highest BCUT2D eigenvalue weighted by atomic mass is 32.2. The number of rotatable bonds is 9. The van der Waals surface area contributed by atoms with Gasteiger partial charge in [0.2, 0.25) is 10.0 Å². The van der Waals surface area contributed by atoms with Crippen molar-refractivity contribution >= 4 is 38.7 Å². The second-order valence-corrected chi connectivity index (χ2v) is 11.8. The van der Waals surface area contributed by atoms with Gasteiger partial charge in [-0.25, -0.2) is 17.7 Å². The Morgan fingerprint density at radius 2 is 1.92 bits per heavy atom. The molecule has 1 atom stereocenters. The molecule has 36 heavy (non-hydrogen) atoms. The van der Waals surface area contributed by atoms with Crippen LogP contribution in [0.3, 0.4) is 0 Å². The number of methoxy groups -OCH3 is 1. The van der Waals surface area contributed by atoms with Crippen molar-refractivity contribution in [3.05, 3.63) is 42.0 Å². The summed E-state index contributed by atoms with van der Waals surface area (Å²) in [7, 11) is 5.78. The molecule has 0 radical (unpaired) electrons. The first-order valence-corrected chi connectivity index (χ1v) is 13.5. The fourth-order valence-electron chi connectivity index (χ4n) is 4.06. The Morgan fingerprint density at radius 1 is 1.22 bits per heavy atom. The highest BCUT2D eigenvalue weighted by molar-refractivity contribution is 7.93. The number of nitrogens with one attached hydrogen (secondary N) is 2. The van der Waals surface area contributed by atoms with E-state index in [2.05, 4.69) is 20.4 Å². The third kappa shape index (κ3) is 5.79. The van der Waals surface area contributed by atoms with Crippen LogP contribution in [-0.4, -0.2) is 79.1 Å². The minimum Gasteiger partial charge on any atom is -0.494 e. The molecular weight excluding hydrogens is 478 g/mol. The zero-order chi connectivity index (χ0) is 26.6. The molecule has 0 saturated heterocycles. The third-order valence-corrected chi connectivity index (χ3v) is 8.36. The van der Waals surface area contributed by atoms with E-state index in [1.54, 1.807) is 34.1 Å². The number of hydrogen-bond acceptors (Lipinski definition) is 7. The number of benzene rings is 2. The van der Waals surface area contributed by atoms with E-state index in [-0.39, 0.29) is 0 Å². The van der Waals surface area contributed by atoms with Crippen LogP contribution in [0.15, 0.2) is 41.4 Å². The van der Waals surface area contributed by atoms with Crippen LogP contribution in [0.1, 0.15) is 19.4 Å². The molecule has 2 aromatic rings. The van der Waals surface area contributed by atoms with E-state index in [9.17, 15) is 8.42 Å². The van der Waals surface area contributed by atoms with E-state index in [4.69, 9.17) is 15.5 Å². The van der Waals surface area contributed by atoms with Crippen LogP contribution < -0.4 is 30.3 Å². The maximum absolute atomic E-state index is 13.2. The normalized spacial score (nSPS) is 15.9. The predicted octanol–water partition coefficient (Wildman–Crippen LogP) is 2.39. The fraction of sp³-hybridized carbons (Fsp3) is 0.480. The average Bonchev–Trinajstić information content (AvgIpc) is 3.20. The number of guanidine groups is 1. The number of para-hydroxylation sites is 1. The van der Waals surface area contributed by atoms with Crippen LogP contribution in [0.25, 0.3) is 0 Å². The van der Waals surface area contributed by atoms with Crippen molar-refractivity contribution in [2.45, 2.75) is 31.7 Å². The quantitative estimate of drug-likeness (QED) is 0.264. The van der Waals surface area contributed by atoms with Crippen molar-refractivity contribution in [2.24, 2.45) is 4.99 Å². The molecule has 4 N–H and O–H groups in total. The smallest absolute Gasteiger partial charge is 0.239 e. The number of anilines is 4. The van der Waals surface area contributed by atoms with E-state index >= 15 is 0 Å². The van der Waals surface area contributed by atoms with Crippen molar-refractivity contribution in [1.29, 1.82) is 0 Å². The molecule has 0 aliphatic carbocycles. The van der Waals surface area contributed by atoms with Crippen LogP contribution >= 0.6 is 0 Å². The van der Waals surface area contributed by atoms with Gasteiger partial charge in [0.15, 0.2) is 5.96 Å². The molecule has 0 spiro atoms. The number of nitrogen functional groups attached to an aromatic ring is 1. The standard InChI is InChI=1S/C25H39N7O3S/c1-17(2)36(33,34)32-21-11-9-8-10-18(21)14-24(32)29-25(27-3)28-20-15-19(26)22(16-23(20)35-7)31(6)13-12-30(4)5/h8-11,15-17,24H,12-14,26H2,1-7H3,(H2,27,28,29). The Kier molecular flexibility index (Phi) is 8.57. The molecule has 0 saturated carbocycles. The van der Waals surface area contributed by atoms with Gasteiger partial charge in [-0.15, -0.1) is 0 Å². The Hall–Kier alpha value is -3.18. The van der Waals surface area contributed by atoms with Gasteiger partial charge in [0.05, 0.1) is 35.1 Å². The van der Waals surface area contributed by atoms with Gasteiger partial charge >= 0.3 is 0 Å². The number of nitrogens with two attached hydrogens (primary N) is 1. The molecule has 198 valence electrons. The first-order chi connectivity index (χ1) is 17.0. The van der Waals surface area contributed by atoms with E-state index in [0.29, 0.717) is 35.2 Å². The van der Waals surface area contributed by atoms with Gasteiger partial charge in [-0.3, -0.25) is 0 Å². The van der Waals surface area contributed by atoms with E-state index < -0.39 is 21.4 Å². The Labute approximate surface area is 215 Å². The highest BCUT2D eigenvalue weighted by Gasteiger charge is 2.39. The van der Waals surface area contributed by atoms with Crippen LogP contribution in [-0.2, 0) is 16.4 Å². The number of fused-ring (bicyclic) bond motifs is 1. The lowest BCUT2D eigenvalue weighted by molar-refractivity contribution is 0.413. The summed E-state index contributed by atoms with van der Waals surface area (Å²) in [5.74, 6) is 1.00. The molecular formula is C25H39N7O3S. The number of nitrogens with zero attached hydrogens (tertiary/aromatic N) is 4. The second-order valence-electron chi connectivity index (χ2n) is 9.39. The molecule has 1 unspecified atom stereocenters. The molecule has 1 heterocycles. The first kappa shape index (κ1) is 27.4. The molecule has 1 aliphatic rings. The lowest BCUT2D eigenvalue weighted by atomic mass is 10.1. The van der Waals surface area contributed by atoms with Gasteiger partial charge in [0, 0.05) is 39.7 Å². The van der Waals surface area contributed by atoms with Gasteiger partial charge in [0.25, 0.3) is 0 Å². The first-order valence-electron chi connectivity index (χ1n) is 12.0. The van der Waals surface area contributed by atoms with Gasteiger partial charge < -0.3 is 30.9 Å². The minimum atomic E-state index is -3.60. The Balaban J connectivity index is 1.93. The topological polar surface area (TPSA) is 116 Å². The minimum absolute atomic E-state index is 0.406. The molecule has 10 nitrogen and oxygen atoms in total. The molecule has 0 amide bonds. The predicted molar refractivity (Wildman–Crippen MR) is 150 cm³/mol. The van der Waals surface area contributed by atoms with E-state index in [1.165, 1.54) is 4.31 Å². The monoisotopic (exact) mass is 517 g/mol. The molecule has 1 aliphatic heterocycles. The van der Waals surface area contributed by atoms with Gasteiger partial charge in [0.1, 0.15) is 11.9 Å². The Bertz CT molecular complexity index is 1200. The maximum Gasteiger partial charge on any atom is 0.239 e. The summed E-state index contributed by atoms with van der Waals surface area (Å²) in [6.07, 6.45) is -0.145. The SMILES string of the molecule is CNC(=NC1Cc2ccccc2N1S(=O)(=O)C(C)C)Nc1cc(N)c(N(C)CCN(C)C)cc1OC. The third-order valence-electron chi connectivity index (χ3n) is 6.18.